The topological polar surface area (TPSA) is 0 Å². The summed E-state index contributed by atoms with van der Waals surface area (Å²) in [5.74, 6) is 0.954. The van der Waals surface area contributed by atoms with E-state index in [2.05, 4.69) is 44.0 Å². The molecular weight excluding hydrogens is 224 g/mol. The molecule has 0 amide bonds. The Morgan fingerprint density at radius 1 is 1.00 bits per heavy atom. The van der Waals surface area contributed by atoms with Crippen LogP contribution in [0.5, 0.6) is 0 Å². The Morgan fingerprint density at radius 2 is 1.65 bits per heavy atom. The summed E-state index contributed by atoms with van der Waals surface area (Å²) in [6.07, 6.45) is 15.0. The fourth-order valence-corrected chi connectivity index (χ4v) is 1.66. The van der Waals surface area contributed by atoms with Gasteiger partial charge in [0.1, 0.15) is 0 Å². The van der Waals surface area contributed by atoms with Crippen molar-refractivity contribution in [3.8, 4) is 0 Å². The van der Waals surface area contributed by atoms with Crippen molar-refractivity contribution in [3.05, 3.63) is 48.6 Å². The molecule has 0 radical (unpaired) electrons. The van der Waals surface area contributed by atoms with Gasteiger partial charge < -0.3 is 0 Å². The fourth-order valence-electron chi connectivity index (χ4n) is 1.51. The molecule has 0 N–H and O–H groups in total. The second-order valence-electron chi connectivity index (χ2n) is 4.32. The van der Waals surface area contributed by atoms with E-state index in [0.717, 1.165) is 44.3 Å². The lowest BCUT2D eigenvalue weighted by Crippen LogP contribution is -1.87. The minimum atomic E-state index is 0.954. The summed E-state index contributed by atoms with van der Waals surface area (Å²) in [5, 5.41) is 0. The van der Waals surface area contributed by atoms with Crippen LogP contribution in [0, 0.1) is 0 Å². The van der Waals surface area contributed by atoms with Gasteiger partial charge in [0.15, 0.2) is 0 Å². The van der Waals surface area contributed by atoms with Crippen LogP contribution in [-0.4, -0.2) is 5.75 Å². The molecule has 1 heteroatoms. The maximum Gasteiger partial charge on any atom is -0.00949 e. The lowest BCUT2D eigenvalue weighted by molar-refractivity contribution is 0.795. The van der Waals surface area contributed by atoms with Gasteiger partial charge in [-0.3, -0.25) is 0 Å². The van der Waals surface area contributed by atoms with Crippen LogP contribution >= 0.6 is 12.6 Å². The van der Waals surface area contributed by atoms with E-state index in [0.29, 0.717) is 0 Å². The van der Waals surface area contributed by atoms with E-state index in [1.54, 1.807) is 0 Å². The van der Waals surface area contributed by atoms with Crippen LogP contribution < -0.4 is 0 Å². The van der Waals surface area contributed by atoms with Crippen LogP contribution in [0.4, 0.5) is 0 Å². The van der Waals surface area contributed by atoms with Gasteiger partial charge in [0.2, 0.25) is 0 Å². The van der Waals surface area contributed by atoms with Gasteiger partial charge in [-0.15, -0.1) is 0 Å². The van der Waals surface area contributed by atoms with Gasteiger partial charge in [-0.25, -0.2) is 0 Å². The molecule has 17 heavy (non-hydrogen) atoms. The van der Waals surface area contributed by atoms with Gasteiger partial charge in [-0.2, -0.15) is 12.6 Å². The van der Waals surface area contributed by atoms with Crippen molar-refractivity contribution in [1.82, 2.24) is 0 Å². The molecule has 0 heterocycles. The van der Waals surface area contributed by atoms with Crippen molar-refractivity contribution in [2.75, 3.05) is 5.75 Å². The minimum Gasteiger partial charge on any atom is -0.179 e. The van der Waals surface area contributed by atoms with Gasteiger partial charge in [0.25, 0.3) is 0 Å². The summed E-state index contributed by atoms with van der Waals surface area (Å²) in [7, 11) is 0. The molecule has 0 aliphatic heterocycles. The summed E-state index contributed by atoms with van der Waals surface area (Å²) in [6.45, 7) is 10.2. The smallest absolute Gasteiger partial charge is 0.00949 e. The number of rotatable bonds is 10. The van der Waals surface area contributed by atoms with Crippen LogP contribution in [0.2, 0.25) is 0 Å². The highest BCUT2D eigenvalue weighted by Gasteiger charge is 1.97. The normalized spacial score (nSPS) is 11.4. The molecule has 0 spiro atoms. The lowest BCUT2D eigenvalue weighted by atomic mass is 10.0. The SMILES string of the molecule is C=C(CC/C=C/C=C/C)CCC(=C)CCCS. The van der Waals surface area contributed by atoms with Crippen LogP contribution in [0.3, 0.4) is 0 Å². The molecule has 0 nitrogen and oxygen atoms in total. The van der Waals surface area contributed by atoms with Crippen molar-refractivity contribution < 1.29 is 0 Å². The van der Waals surface area contributed by atoms with E-state index in [-0.39, 0.29) is 0 Å². The summed E-state index contributed by atoms with van der Waals surface area (Å²) < 4.78 is 0. The van der Waals surface area contributed by atoms with Gasteiger partial charge >= 0.3 is 0 Å². The van der Waals surface area contributed by atoms with Crippen molar-refractivity contribution in [2.45, 2.75) is 45.4 Å². The molecule has 0 atom stereocenters. The molecule has 0 aromatic carbocycles. The first-order chi connectivity index (χ1) is 8.20. The molecule has 0 unspecified atom stereocenters. The van der Waals surface area contributed by atoms with E-state index in [9.17, 15) is 0 Å². The Kier molecular flexibility index (Phi) is 11.3. The fraction of sp³-hybridized carbons (Fsp3) is 0.500. The second-order valence-corrected chi connectivity index (χ2v) is 4.77. The molecule has 0 aliphatic rings. The zero-order valence-electron chi connectivity index (χ0n) is 11.1. The molecule has 0 aromatic heterocycles. The molecular formula is C16H26S. The largest absolute Gasteiger partial charge is 0.179 e. The van der Waals surface area contributed by atoms with Crippen molar-refractivity contribution in [2.24, 2.45) is 0 Å². The number of allylic oxidation sites excluding steroid dienone is 6. The predicted octanol–water partition coefficient (Wildman–Crippen LogP) is 5.50. The molecule has 0 aliphatic carbocycles. The standard InChI is InChI=1S/C16H26S/c1-4-5-6-7-8-10-15(2)12-13-16(3)11-9-14-17/h4-7,17H,2-3,8-14H2,1H3/b5-4+,7-6+. The van der Waals surface area contributed by atoms with Crippen molar-refractivity contribution in [3.63, 3.8) is 0 Å². The Labute approximate surface area is 113 Å². The van der Waals surface area contributed by atoms with Crippen LogP contribution in [0.15, 0.2) is 48.6 Å². The lowest BCUT2D eigenvalue weighted by Gasteiger charge is -2.06. The third kappa shape index (κ3) is 11.6. The first-order valence-corrected chi connectivity index (χ1v) is 7.06. The summed E-state index contributed by atoms with van der Waals surface area (Å²) >= 11 is 4.21. The number of hydrogen-bond donors (Lipinski definition) is 1. The molecule has 0 rings (SSSR count). The maximum atomic E-state index is 4.21. The molecule has 0 bridgehead atoms. The molecule has 0 saturated heterocycles. The summed E-state index contributed by atoms with van der Waals surface area (Å²) in [4.78, 5) is 0. The van der Waals surface area contributed by atoms with E-state index in [1.807, 2.05) is 13.0 Å². The van der Waals surface area contributed by atoms with E-state index < -0.39 is 0 Å². The monoisotopic (exact) mass is 250 g/mol. The molecule has 0 fully saturated rings. The van der Waals surface area contributed by atoms with Crippen LogP contribution in [0.1, 0.15) is 45.4 Å². The Bertz CT molecular complexity index is 271. The first kappa shape index (κ1) is 16.3. The maximum absolute atomic E-state index is 4.21. The Morgan fingerprint density at radius 3 is 2.24 bits per heavy atom. The predicted molar refractivity (Wildman–Crippen MR) is 83.8 cm³/mol. The summed E-state index contributed by atoms with van der Waals surface area (Å²) in [6, 6.07) is 0. The number of thiol groups is 1. The molecule has 0 aromatic rings. The highest BCUT2D eigenvalue weighted by molar-refractivity contribution is 7.80. The van der Waals surface area contributed by atoms with E-state index in [1.165, 1.54) is 11.1 Å². The second kappa shape index (κ2) is 11.8. The van der Waals surface area contributed by atoms with Crippen LogP contribution in [-0.2, 0) is 0 Å². The summed E-state index contributed by atoms with van der Waals surface area (Å²) in [5.41, 5.74) is 2.67. The van der Waals surface area contributed by atoms with Crippen molar-refractivity contribution >= 4 is 12.6 Å². The highest BCUT2D eigenvalue weighted by Crippen LogP contribution is 2.17. The molecule has 0 saturated carbocycles. The van der Waals surface area contributed by atoms with Gasteiger partial charge in [0.05, 0.1) is 0 Å². The Hall–Kier alpha value is -0.690. The van der Waals surface area contributed by atoms with Gasteiger partial charge in [-0.05, 0) is 51.2 Å². The first-order valence-electron chi connectivity index (χ1n) is 6.42. The number of hydrogen-bond acceptors (Lipinski definition) is 1. The van der Waals surface area contributed by atoms with Crippen LogP contribution in [0.25, 0.3) is 0 Å². The van der Waals surface area contributed by atoms with E-state index in [4.69, 9.17) is 0 Å². The average Bonchev–Trinajstić information content (AvgIpc) is 2.33. The van der Waals surface area contributed by atoms with Crippen molar-refractivity contribution in [1.29, 1.82) is 0 Å². The van der Waals surface area contributed by atoms with E-state index >= 15 is 0 Å². The quantitative estimate of drug-likeness (QED) is 0.295. The van der Waals surface area contributed by atoms with Gasteiger partial charge in [0, 0.05) is 0 Å². The minimum absolute atomic E-state index is 0.954. The average molecular weight is 250 g/mol. The van der Waals surface area contributed by atoms with Gasteiger partial charge in [-0.1, -0.05) is 48.6 Å². The zero-order chi connectivity index (χ0) is 12.9. The Balaban J connectivity index is 3.55. The third-order valence-electron chi connectivity index (χ3n) is 2.62. The zero-order valence-corrected chi connectivity index (χ0v) is 12.0. The molecule has 96 valence electrons. The highest BCUT2D eigenvalue weighted by atomic mass is 32.1. The third-order valence-corrected chi connectivity index (χ3v) is 2.94.